The van der Waals surface area contributed by atoms with Gasteiger partial charge in [-0.25, -0.2) is 0 Å². The van der Waals surface area contributed by atoms with Crippen LogP contribution in [0.25, 0.3) is 11.3 Å². The number of likely N-dealkylation sites (tertiary alicyclic amines) is 1. The van der Waals surface area contributed by atoms with Crippen molar-refractivity contribution in [3.05, 3.63) is 35.6 Å². The quantitative estimate of drug-likeness (QED) is 0.647. The van der Waals surface area contributed by atoms with Gasteiger partial charge in [-0.15, -0.1) is 0 Å². The molecule has 7 nitrogen and oxygen atoms in total. The highest BCUT2D eigenvalue weighted by molar-refractivity contribution is 5.98. The van der Waals surface area contributed by atoms with Crippen LogP contribution in [0.5, 0.6) is 5.75 Å². The summed E-state index contributed by atoms with van der Waals surface area (Å²) in [6.45, 7) is 4.19. The summed E-state index contributed by atoms with van der Waals surface area (Å²) in [4.78, 5) is 13.2. The van der Waals surface area contributed by atoms with Crippen molar-refractivity contribution < 1.29 is 14.1 Å². The third-order valence-corrected chi connectivity index (χ3v) is 4.01. The number of nitrogens with two attached hydrogens (primary N) is 1. The Morgan fingerprint density at radius 2 is 2.12 bits per heavy atom. The van der Waals surface area contributed by atoms with Gasteiger partial charge in [0.05, 0.1) is 6.61 Å². The number of primary amides is 1. The molecule has 1 saturated heterocycles. The Bertz CT molecular complexity index is 763. The number of ether oxygens (including phenoxy) is 1. The van der Waals surface area contributed by atoms with Crippen molar-refractivity contribution in [2.75, 3.05) is 19.7 Å². The highest BCUT2D eigenvalue weighted by Gasteiger charge is 2.19. The second-order valence-electron chi connectivity index (χ2n) is 5.63. The summed E-state index contributed by atoms with van der Waals surface area (Å²) < 4.78 is 10.6. The number of aromatic nitrogens is 1. The normalized spacial score (nSPS) is 14.0. The van der Waals surface area contributed by atoms with Gasteiger partial charge in [-0.2, -0.15) is 0 Å². The van der Waals surface area contributed by atoms with Crippen LogP contribution in [0.4, 0.5) is 0 Å². The molecule has 0 atom stereocenters. The van der Waals surface area contributed by atoms with Gasteiger partial charge in [-0.05, 0) is 31.9 Å². The Labute approximate surface area is 139 Å². The maximum absolute atomic E-state index is 11.2. The molecule has 3 N–H and O–H groups in total. The maximum Gasteiger partial charge on any atom is 0.287 e. The van der Waals surface area contributed by atoms with Gasteiger partial charge in [0.1, 0.15) is 17.3 Å². The van der Waals surface area contributed by atoms with E-state index in [2.05, 4.69) is 10.1 Å². The molecule has 2 aromatic rings. The van der Waals surface area contributed by atoms with Gasteiger partial charge in [0.2, 0.25) is 5.76 Å². The predicted molar refractivity (Wildman–Crippen MR) is 89.3 cm³/mol. The molecule has 0 saturated carbocycles. The first kappa shape index (κ1) is 16.0. The van der Waals surface area contributed by atoms with E-state index in [1.807, 2.05) is 25.1 Å². The Morgan fingerprint density at radius 3 is 2.75 bits per heavy atom. The molecule has 7 heteroatoms. The van der Waals surface area contributed by atoms with Crippen molar-refractivity contribution in [3.8, 4) is 17.0 Å². The average Bonchev–Trinajstić information content (AvgIpc) is 3.26. The minimum atomic E-state index is -0.667. The zero-order valence-electron chi connectivity index (χ0n) is 13.5. The van der Waals surface area contributed by atoms with Crippen molar-refractivity contribution in [3.63, 3.8) is 0 Å². The summed E-state index contributed by atoms with van der Waals surface area (Å²) in [5.74, 6) is 0.432. The second kappa shape index (κ2) is 6.74. The molecule has 1 amide bonds. The second-order valence-corrected chi connectivity index (χ2v) is 5.63. The SMILES string of the molecule is CCOc1cc(C(=N)N2CCCC2)ccc1-c1cc(C(N)=O)on1. The summed E-state index contributed by atoms with van der Waals surface area (Å²) >= 11 is 0. The van der Waals surface area contributed by atoms with Crippen LogP contribution in [0.15, 0.2) is 28.8 Å². The third kappa shape index (κ3) is 3.10. The fourth-order valence-corrected chi connectivity index (χ4v) is 2.80. The number of benzene rings is 1. The van der Waals surface area contributed by atoms with Crippen LogP contribution in [0.2, 0.25) is 0 Å². The number of nitrogens with one attached hydrogen (secondary N) is 1. The molecule has 2 heterocycles. The van der Waals surface area contributed by atoms with E-state index in [1.165, 1.54) is 6.07 Å². The van der Waals surface area contributed by atoms with Gasteiger partial charge < -0.3 is 19.9 Å². The van der Waals surface area contributed by atoms with Gasteiger partial charge in [0.25, 0.3) is 5.91 Å². The molecule has 0 radical (unpaired) electrons. The molecule has 0 spiro atoms. The lowest BCUT2D eigenvalue weighted by atomic mass is 10.1. The smallest absolute Gasteiger partial charge is 0.287 e. The van der Waals surface area contributed by atoms with Crippen LogP contribution in [-0.2, 0) is 0 Å². The van der Waals surface area contributed by atoms with E-state index in [1.54, 1.807) is 0 Å². The lowest BCUT2D eigenvalue weighted by Crippen LogP contribution is -2.27. The summed E-state index contributed by atoms with van der Waals surface area (Å²) in [5.41, 5.74) is 7.17. The molecule has 0 aliphatic carbocycles. The predicted octanol–water partition coefficient (Wildman–Crippen LogP) is 2.26. The standard InChI is InChI=1S/C17H20N4O3/c1-2-23-14-9-11(16(18)21-7-3-4-8-21)5-6-12(14)13-10-15(17(19)22)24-20-13/h5-6,9-10,18H,2-4,7-8H2,1H3,(H2,19,22). The number of hydrogen-bond donors (Lipinski definition) is 2. The average molecular weight is 328 g/mol. The van der Waals surface area contributed by atoms with E-state index in [4.69, 9.17) is 20.4 Å². The van der Waals surface area contributed by atoms with Crippen LogP contribution in [-0.4, -0.2) is 41.5 Å². The van der Waals surface area contributed by atoms with Crippen molar-refractivity contribution in [2.24, 2.45) is 5.73 Å². The summed E-state index contributed by atoms with van der Waals surface area (Å²) in [7, 11) is 0. The van der Waals surface area contributed by atoms with Gasteiger partial charge in [0, 0.05) is 30.3 Å². The van der Waals surface area contributed by atoms with E-state index < -0.39 is 5.91 Å². The van der Waals surface area contributed by atoms with Crippen LogP contribution in [0.1, 0.15) is 35.9 Å². The Balaban J connectivity index is 1.94. The first-order valence-corrected chi connectivity index (χ1v) is 7.97. The van der Waals surface area contributed by atoms with Gasteiger partial charge in [-0.1, -0.05) is 11.2 Å². The number of carbonyl (C=O) groups is 1. The fourth-order valence-electron chi connectivity index (χ4n) is 2.80. The number of nitrogens with zero attached hydrogens (tertiary/aromatic N) is 2. The number of amides is 1. The first-order valence-electron chi connectivity index (χ1n) is 7.97. The molecule has 0 unspecified atom stereocenters. The van der Waals surface area contributed by atoms with Crippen molar-refractivity contribution in [1.29, 1.82) is 5.41 Å². The monoisotopic (exact) mass is 328 g/mol. The van der Waals surface area contributed by atoms with Crippen LogP contribution in [0, 0.1) is 5.41 Å². The first-order chi connectivity index (χ1) is 11.6. The van der Waals surface area contributed by atoms with Crippen LogP contribution < -0.4 is 10.5 Å². The van der Waals surface area contributed by atoms with E-state index in [0.29, 0.717) is 29.4 Å². The molecule has 1 aromatic carbocycles. The molecule has 24 heavy (non-hydrogen) atoms. The molecule has 1 fully saturated rings. The molecular weight excluding hydrogens is 308 g/mol. The number of hydrogen-bond acceptors (Lipinski definition) is 5. The van der Waals surface area contributed by atoms with Gasteiger partial charge >= 0.3 is 0 Å². The topological polar surface area (TPSA) is 105 Å². The zero-order chi connectivity index (χ0) is 17.1. The molecule has 126 valence electrons. The van der Waals surface area contributed by atoms with Crippen molar-refractivity contribution in [2.45, 2.75) is 19.8 Å². The highest BCUT2D eigenvalue weighted by Crippen LogP contribution is 2.31. The molecule has 3 rings (SSSR count). The molecule has 1 aliphatic heterocycles. The Hall–Kier alpha value is -2.83. The Kier molecular flexibility index (Phi) is 4.50. The fraction of sp³-hybridized carbons (Fsp3) is 0.353. The molecule has 0 bridgehead atoms. The Morgan fingerprint density at radius 1 is 1.38 bits per heavy atom. The summed E-state index contributed by atoms with van der Waals surface area (Å²) in [6.07, 6.45) is 2.24. The van der Waals surface area contributed by atoms with Crippen LogP contribution in [0.3, 0.4) is 0 Å². The molecule has 1 aliphatic rings. The van der Waals surface area contributed by atoms with Crippen molar-refractivity contribution >= 4 is 11.7 Å². The summed E-state index contributed by atoms with van der Waals surface area (Å²) in [5, 5.41) is 12.2. The summed E-state index contributed by atoms with van der Waals surface area (Å²) in [6, 6.07) is 7.01. The highest BCUT2D eigenvalue weighted by atomic mass is 16.5. The largest absolute Gasteiger partial charge is 0.493 e. The van der Waals surface area contributed by atoms with E-state index in [9.17, 15) is 4.79 Å². The minimum Gasteiger partial charge on any atom is -0.493 e. The lowest BCUT2D eigenvalue weighted by Gasteiger charge is -2.19. The van der Waals surface area contributed by atoms with Gasteiger partial charge in [-0.3, -0.25) is 10.2 Å². The lowest BCUT2D eigenvalue weighted by molar-refractivity contribution is 0.0965. The van der Waals surface area contributed by atoms with Crippen molar-refractivity contribution in [1.82, 2.24) is 10.1 Å². The van der Waals surface area contributed by atoms with Gasteiger partial charge in [0.15, 0.2) is 0 Å². The number of carbonyl (C=O) groups excluding carboxylic acids is 1. The molecule has 1 aromatic heterocycles. The van der Waals surface area contributed by atoms with E-state index >= 15 is 0 Å². The molecular formula is C17H20N4O3. The van der Waals surface area contributed by atoms with E-state index in [0.717, 1.165) is 31.5 Å². The van der Waals surface area contributed by atoms with E-state index in [-0.39, 0.29) is 5.76 Å². The zero-order valence-corrected chi connectivity index (χ0v) is 13.5. The third-order valence-electron chi connectivity index (χ3n) is 4.01. The maximum atomic E-state index is 11.2. The minimum absolute atomic E-state index is 0.00124. The number of rotatable bonds is 5. The number of amidine groups is 1. The van der Waals surface area contributed by atoms with Crippen LogP contribution >= 0.6 is 0 Å².